The van der Waals surface area contributed by atoms with Crippen molar-refractivity contribution in [1.29, 1.82) is 0 Å². The van der Waals surface area contributed by atoms with Gasteiger partial charge in [0.15, 0.2) is 17.2 Å². The average Bonchev–Trinajstić information content (AvgIpc) is 3.80. The highest BCUT2D eigenvalue weighted by molar-refractivity contribution is 6.10. The molecule has 2 aromatic heterocycles. The molecular weight excluding hydrogens is 592 g/mol. The third kappa shape index (κ3) is 3.87. The van der Waals surface area contributed by atoms with Crippen LogP contribution in [-0.4, -0.2) is 34.2 Å². The SMILES string of the molecule is C=C1c2ccccc2N2c3nccnc3N(c3ccccc3)C2CC2N(C)C=CN2c2c(ccc3c2oc2ccccc23)C1(CC)CC. The van der Waals surface area contributed by atoms with Crippen LogP contribution in [0.15, 0.2) is 127 Å². The van der Waals surface area contributed by atoms with Crippen LogP contribution >= 0.6 is 0 Å². The van der Waals surface area contributed by atoms with Gasteiger partial charge in [0.05, 0.1) is 11.4 Å². The first kappa shape index (κ1) is 28.6. The van der Waals surface area contributed by atoms with Gasteiger partial charge in [0.2, 0.25) is 0 Å². The number of para-hydroxylation sites is 3. The van der Waals surface area contributed by atoms with E-state index in [9.17, 15) is 0 Å². The molecule has 3 aliphatic rings. The number of hydrogen-bond donors (Lipinski definition) is 0. The Morgan fingerprint density at radius 2 is 1.48 bits per heavy atom. The molecule has 0 saturated carbocycles. The molecule has 2 atom stereocenters. The second-order valence-corrected chi connectivity index (χ2v) is 13.1. The van der Waals surface area contributed by atoms with Crippen LogP contribution in [0.4, 0.5) is 28.7 Å². The monoisotopic (exact) mass is 630 g/mol. The lowest BCUT2D eigenvalue weighted by atomic mass is 9.67. The van der Waals surface area contributed by atoms with Crippen LogP contribution < -0.4 is 14.7 Å². The van der Waals surface area contributed by atoms with Crippen molar-refractivity contribution in [3.8, 4) is 0 Å². The summed E-state index contributed by atoms with van der Waals surface area (Å²) in [5, 5.41) is 2.26. The molecule has 4 aromatic carbocycles. The molecule has 6 aromatic rings. The van der Waals surface area contributed by atoms with Crippen molar-refractivity contribution in [1.82, 2.24) is 14.9 Å². The number of furan rings is 1. The van der Waals surface area contributed by atoms with Crippen molar-refractivity contribution in [2.24, 2.45) is 0 Å². The fraction of sp³-hybridized carbons (Fsp3) is 0.220. The zero-order valence-corrected chi connectivity index (χ0v) is 27.5. The zero-order valence-electron chi connectivity index (χ0n) is 27.5. The Morgan fingerprint density at radius 1 is 0.771 bits per heavy atom. The van der Waals surface area contributed by atoms with Crippen molar-refractivity contribution in [3.05, 3.63) is 133 Å². The van der Waals surface area contributed by atoms with Crippen LogP contribution in [0.2, 0.25) is 0 Å². The highest BCUT2D eigenvalue weighted by Gasteiger charge is 2.47. The molecule has 3 aliphatic heterocycles. The number of nitrogens with zero attached hydrogens (tertiary/aromatic N) is 6. The van der Waals surface area contributed by atoms with E-state index < -0.39 is 0 Å². The molecule has 9 rings (SSSR count). The number of allylic oxidation sites excluding steroid dienone is 1. The molecular formula is C41H38N6O. The van der Waals surface area contributed by atoms with Gasteiger partial charge in [0.25, 0.3) is 0 Å². The molecule has 5 heterocycles. The highest BCUT2D eigenvalue weighted by atomic mass is 16.3. The Kier molecular flexibility index (Phi) is 6.41. The second kappa shape index (κ2) is 10.7. The lowest BCUT2D eigenvalue weighted by Crippen LogP contribution is -2.47. The van der Waals surface area contributed by atoms with Gasteiger partial charge < -0.3 is 24.0 Å². The van der Waals surface area contributed by atoms with E-state index in [1.807, 2.05) is 6.07 Å². The topological polar surface area (TPSA) is 51.9 Å². The van der Waals surface area contributed by atoms with Gasteiger partial charge in [-0.3, -0.25) is 0 Å². The van der Waals surface area contributed by atoms with Crippen molar-refractivity contribution in [3.63, 3.8) is 0 Å². The van der Waals surface area contributed by atoms with E-state index in [1.165, 1.54) is 5.56 Å². The molecule has 0 aliphatic carbocycles. The molecule has 48 heavy (non-hydrogen) atoms. The summed E-state index contributed by atoms with van der Waals surface area (Å²) in [5.41, 5.74) is 8.19. The van der Waals surface area contributed by atoms with Crippen molar-refractivity contribution >= 4 is 56.2 Å². The summed E-state index contributed by atoms with van der Waals surface area (Å²) < 4.78 is 6.84. The van der Waals surface area contributed by atoms with E-state index in [2.05, 4.69) is 138 Å². The average molecular weight is 631 g/mol. The quantitative estimate of drug-likeness (QED) is 0.193. The molecule has 0 bridgehead atoms. The summed E-state index contributed by atoms with van der Waals surface area (Å²) in [5.74, 6) is 1.70. The van der Waals surface area contributed by atoms with Crippen LogP contribution in [-0.2, 0) is 5.41 Å². The smallest absolute Gasteiger partial charge is 0.178 e. The first-order valence-electron chi connectivity index (χ1n) is 16.9. The predicted octanol–water partition coefficient (Wildman–Crippen LogP) is 9.72. The minimum absolute atomic E-state index is 0.0273. The third-order valence-electron chi connectivity index (χ3n) is 11.0. The maximum atomic E-state index is 6.84. The van der Waals surface area contributed by atoms with Gasteiger partial charge in [-0.15, -0.1) is 0 Å². The lowest BCUT2D eigenvalue weighted by molar-refractivity contribution is 0.321. The number of benzene rings is 4. The molecule has 0 N–H and O–H groups in total. The number of rotatable bonds is 3. The molecule has 0 spiro atoms. The molecule has 7 heteroatoms. The van der Waals surface area contributed by atoms with E-state index in [0.717, 1.165) is 81.0 Å². The molecule has 0 saturated heterocycles. The number of anilines is 5. The van der Waals surface area contributed by atoms with E-state index >= 15 is 0 Å². The van der Waals surface area contributed by atoms with E-state index in [-0.39, 0.29) is 17.7 Å². The summed E-state index contributed by atoms with van der Waals surface area (Å²) in [7, 11) is 2.18. The zero-order chi connectivity index (χ0) is 32.6. The number of aromatic nitrogens is 2. The number of hydrogen-bond acceptors (Lipinski definition) is 7. The fourth-order valence-corrected chi connectivity index (χ4v) is 8.53. The first-order chi connectivity index (χ1) is 23.6. The Hall–Kier alpha value is -5.56. The van der Waals surface area contributed by atoms with E-state index in [4.69, 9.17) is 21.0 Å². The Balaban J connectivity index is 1.38. The van der Waals surface area contributed by atoms with E-state index in [1.54, 1.807) is 12.4 Å². The molecule has 0 fully saturated rings. The normalized spacial score (nSPS) is 19.6. The Bertz CT molecular complexity index is 2230. The Morgan fingerprint density at radius 3 is 2.27 bits per heavy atom. The minimum atomic E-state index is -0.373. The molecule has 2 unspecified atom stereocenters. The predicted molar refractivity (Wildman–Crippen MR) is 196 cm³/mol. The lowest BCUT2D eigenvalue weighted by Gasteiger charge is -2.40. The largest absolute Gasteiger partial charge is 0.454 e. The summed E-state index contributed by atoms with van der Waals surface area (Å²) in [4.78, 5) is 19.5. The van der Waals surface area contributed by atoms with Crippen LogP contribution in [0.25, 0.3) is 27.5 Å². The summed E-state index contributed by atoms with van der Waals surface area (Å²) in [6, 6.07) is 32.3. The number of fused-ring (bicyclic) bond motifs is 12. The first-order valence-corrected chi connectivity index (χ1v) is 16.9. The Labute approximate surface area is 281 Å². The van der Waals surface area contributed by atoms with Gasteiger partial charge in [0, 0.05) is 65.7 Å². The fourth-order valence-electron chi connectivity index (χ4n) is 8.53. The van der Waals surface area contributed by atoms with Crippen LogP contribution in [0.3, 0.4) is 0 Å². The van der Waals surface area contributed by atoms with Crippen molar-refractivity contribution in [2.45, 2.75) is 50.9 Å². The maximum absolute atomic E-state index is 6.84. The van der Waals surface area contributed by atoms with Gasteiger partial charge in [-0.2, -0.15) is 0 Å². The van der Waals surface area contributed by atoms with Crippen molar-refractivity contribution in [2.75, 3.05) is 21.7 Å². The molecule has 0 amide bonds. The van der Waals surface area contributed by atoms with Gasteiger partial charge >= 0.3 is 0 Å². The van der Waals surface area contributed by atoms with Crippen LogP contribution in [0.1, 0.15) is 44.2 Å². The molecule has 238 valence electrons. The summed E-state index contributed by atoms with van der Waals surface area (Å²) in [6.45, 7) is 9.56. The van der Waals surface area contributed by atoms with Crippen LogP contribution in [0.5, 0.6) is 0 Å². The molecule has 0 radical (unpaired) electrons. The van der Waals surface area contributed by atoms with Crippen LogP contribution in [0, 0.1) is 0 Å². The van der Waals surface area contributed by atoms with Gasteiger partial charge in [-0.1, -0.05) is 87.2 Å². The second-order valence-electron chi connectivity index (χ2n) is 13.1. The molecule has 7 nitrogen and oxygen atoms in total. The standard InChI is InChI=1S/C41H38N6O/c1-5-41(6-2)27(3)29-16-10-12-18-33(29)47-36(46(28-14-8-7-9-15-28)39-40(47)43-23-22-42-39)26-35-44(4)24-25-45(35)37-32(41)21-20-31-30-17-11-13-19-34(30)48-38(31)37/h7-25,35-36H,3,5-6,26H2,1-2,4H3. The highest BCUT2D eigenvalue weighted by Crippen LogP contribution is 2.55. The maximum Gasteiger partial charge on any atom is 0.178 e. The summed E-state index contributed by atoms with van der Waals surface area (Å²) >= 11 is 0. The van der Waals surface area contributed by atoms with Gasteiger partial charge in [-0.05, 0) is 48.2 Å². The van der Waals surface area contributed by atoms with E-state index in [0.29, 0.717) is 0 Å². The third-order valence-corrected chi connectivity index (χ3v) is 11.0. The van der Waals surface area contributed by atoms with Crippen molar-refractivity contribution < 1.29 is 4.42 Å². The van der Waals surface area contributed by atoms with Gasteiger partial charge in [-0.25, -0.2) is 9.97 Å². The minimum Gasteiger partial charge on any atom is -0.454 e. The van der Waals surface area contributed by atoms with Gasteiger partial charge in [0.1, 0.15) is 17.9 Å². The summed E-state index contributed by atoms with van der Waals surface area (Å²) in [6.07, 6.45) is 10.4.